The fourth-order valence-corrected chi connectivity index (χ4v) is 1.73. The Hall–Kier alpha value is -2.14. The van der Waals surface area contributed by atoms with Crippen LogP contribution in [0.4, 0.5) is 4.39 Å². The van der Waals surface area contributed by atoms with Crippen LogP contribution < -0.4 is 4.74 Å². The molecule has 0 aliphatic rings. The molecule has 0 atom stereocenters. The summed E-state index contributed by atoms with van der Waals surface area (Å²) < 4.78 is 18.3. The zero-order chi connectivity index (χ0) is 14.4. The summed E-state index contributed by atoms with van der Waals surface area (Å²) in [6.07, 6.45) is 1.72. The van der Waals surface area contributed by atoms with Gasteiger partial charge >= 0.3 is 0 Å². The summed E-state index contributed by atoms with van der Waals surface area (Å²) in [5.41, 5.74) is 1.83. The molecule has 0 spiro atoms. The maximum absolute atomic E-state index is 12.9. The number of ether oxygens (including phenoxy) is 1. The molecule has 0 saturated heterocycles. The summed E-state index contributed by atoms with van der Waals surface area (Å²) in [7, 11) is 0. The Labute approximate surface area is 120 Å². The summed E-state index contributed by atoms with van der Waals surface area (Å²) >= 11 is 5.63. The maximum atomic E-state index is 12.9. The number of hydrogen-bond acceptors (Lipinski definition) is 4. The molecule has 4 nitrogen and oxygen atoms in total. The maximum Gasteiger partial charge on any atom is 0.216 e. The van der Waals surface area contributed by atoms with Crippen LogP contribution in [0.25, 0.3) is 0 Å². The van der Waals surface area contributed by atoms with E-state index in [4.69, 9.17) is 21.5 Å². The highest BCUT2D eigenvalue weighted by Crippen LogP contribution is 2.12. The minimum absolute atomic E-state index is 0.123. The number of pyridine rings is 1. The first-order valence-corrected chi connectivity index (χ1v) is 6.24. The predicted octanol–water partition coefficient (Wildman–Crippen LogP) is 3.37. The summed E-state index contributed by atoms with van der Waals surface area (Å²) in [5.74, 6) is -0.146. The number of aromatic nitrogens is 1. The number of halogens is 2. The van der Waals surface area contributed by atoms with Crippen LogP contribution in [0.5, 0.6) is 5.88 Å². The van der Waals surface area contributed by atoms with Gasteiger partial charge < -0.3 is 9.94 Å². The minimum Gasteiger partial charge on any atom is -0.473 e. The average molecular weight is 295 g/mol. The summed E-state index contributed by atoms with van der Waals surface area (Å²) in [4.78, 5) is 3.90. The largest absolute Gasteiger partial charge is 0.473 e. The van der Waals surface area contributed by atoms with E-state index in [1.54, 1.807) is 0 Å². The van der Waals surface area contributed by atoms with Crippen molar-refractivity contribution in [1.29, 1.82) is 0 Å². The molecule has 2 aromatic rings. The number of oxime groups is 1. The van der Waals surface area contributed by atoms with E-state index in [2.05, 4.69) is 10.1 Å². The lowest BCUT2D eigenvalue weighted by Crippen LogP contribution is -1.99. The lowest BCUT2D eigenvalue weighted by Gasteiger charge is -2.06. The standard InChI is InChI=1S/C14H12ClFN2O2/c15-13(18-19)7-10-1-3-11(4-2-10)9-20-14-8-12(16)5-6-17-14/h1-6,8,19H,7,9H2. The Balaban J connectivity index is 1.94. The molecule has 2 rings (SSSR count). The minimum atomic E-state index is -0.386. The van der Waals surface area contributed by atoms with Gasteiger partial charge in [-0.25, -0.2) is 9.37 Å². The SMILES string of the molecule is ON=C(Cl)Cc1ccc(COc2cc(F)ccn2)cc1. The van der Waals surface area contributed by atoms with Gasteiger partial charge in [-0.2, -0.15) is 0 Å². The Morgan fingerprint density at radius 1 is 1.25 bits per heavy atom. The average Bonchev–Trinajstić information content (AvgIpc) is 2.46. The van der Waals surface area contributed by atoms with Crippen LogP contribution in [0, 0.1) is 5.82 Å². The first-order chi connectivity index (χ1) is 9.67. The molecule has 0 unspecified atom stereocenters. The zero-order valence-corrected chi connectivity index (χ0v) is 11.2. The molecule has 20 heavy (non-hydrogen) atoms. The van der Waals surface area contributed by atoms with E-state index in [0.29, 0.717) is 13.0 Å². The number of hydrogen-bond donors (Lipinski definition) is 1. The van der Waals surface area contributed by atoms with Crippen LogP contribution in [-0.2, 0) is 13.0 Å². The van der Waals surface area contributed by atoms with Crippen molar-refractivity contribution in [2.45, 2.75) is 13.0 Å². The molecule has 1 aromatic carbocycles. The molecule has 0 saturated carbocycles. The van der Waals surface area contributed by atoms with Crippen LogP contribution >= 0.6 is 11.6 Å². The Morgan fingerprint density at radius 3 is 2.60 bits per heavy atom. The molecule has 0 amide bonds. The highest BCUT2D eigenvalue weighted by atomic mass is 35.5. The van der Waals surface area contributed by atoms with Gasteiger partial charge in [0.15, 0.2) is 0 Å². The molecule has 0 aliphatic heterocycles. The van der Waals surface area contributed by atoms with Crippen LogP contribution in [0.1, 0.15) is 11.1 Å². The van der Waals surface area contributed by atoms with Gasteiger partial charge in [-0.15, -0.1) is 0 Å². The molecular weight excluding hydrogens is 283 g/mol. The molecule has 1 N–H and O–H groups in total. The fourth-order valence-electron chi connectivity index (χ4n) is 1.58. The first-order valence-electron chi connectivity index (χ1n) is 5.86. The van der Waals surface area contributed by atoms with E-state index in [1.165, 1.54) is 18.3 Å². The van der Waals surface area contributed by atoms with E-state index < -0.39 is 0 Å². The van der Waals surface area contributed by atoms with Crippen molar-refractivity contribution in [3.05, 3.63) is 59.5 Å². The molecule has 0 radical (unpaired) electrons. The highest BCUT2D eigenvalue weighted by Gasteiger charge is 2.01. The van der Waals surface area contributed by atoms with E-state index in [-0.39, 0.29) is 16.9 Å². The fraction of sp³-hybridized carbons (Fsp3) is 0.143. The van der Waals surface area contributed by atoms with Crippen LogP contribution in [0.15, 0.2) is 47.8 Å². The second-order valence-electron chi connectivity index (χ2n) is 4.07. The summed E-state index contributed by atoms with van der Waals surface area (Å²) in [6, 6.07) is 9.91. The Morgan fingerprint density at radius 2 is 1.95 bits per heavy atom. The van der Waals surface area contributed by atoms with Crippen molar-refractivity contribution in [2.75, 3.05) is 0 Å². The van der Waals surface area contributed by atoms with Gasteiger partial charge in [-0.05, 0) is 17.2 Å². The summed E-state index contributed by atoms with van der Waals surface area (Å²) in [5, 5.41) is 11.5. The lowest BCUT2D eigenvalue weighted by atomic mass is 10.1. The molecule has 104 valence electrons. The van der Waals surface area contributed by atoms with Gasteiger partial charge in [-0.3, -0.25) is 0 Å². The number of benzene rings is 1. The third-order valence-corrected chi connectivity index (χ3v) is 2.77. The van der Waals surface area contributed by atoms with Crippen LogP contribution in [-0.4, -0.2) is 15.4 Å². The Kier molecular flexibility index (Phi) is 4.90. The predicted molar refractivity (Wildman–Crippen MR) is 73.7 cm³/mol. The summed E-state index contributed by atoms with van der Waals surface area (Å²) in [6.45, 7) is 0.290. The van der Waals surface area contributed by atoms with Gasteiger partial charge in [-0.1, -0.05) is 41.0 Å². The van der Waals surface area contributed by atoms with E-state index in [0.717, 1.165) is 11.1 Å². The second kappa shape index (κ2) is 6.86. The van der Waals surface area contributed by atoms with Gasteiger partial charge in [0.25, 0.3) is 0 Å². The zero-order valence-electron chi connectivity index (χ0n) is 10.5. The highest BCUT2D eigenvalue weighted by molar-refractivity contribution is 6.65. The van der Waals surface area contributed by atoms with Gasteiger partial charge in [0, 0.05) is 18.7 Å². The van der Waals surface area contributed by atoms with E-state index in [9.17, 15) is 4.39 Å². The molecule has 0 aliphatic carbocycles. The van der Waals surface area contributed by atoms with Crippen molar-refractivity contribution in [1.82, 2.24) is 4.98 Å². The number of rotatable bonds is 5. The van der Waals surface area contributed by atoms with E-state index >= 15 is 0 Å². The van der Waals surface area contributed by atoms with Gasteiger partial charge in [0.05, 0.1) is 0 Å². The molecule has 0 fully saturated rings. The molecule has 0 bridgehead atoms. The van der Waals surface area contributed by atoms with Crippen LogP contribution in [0.3, 0.4) is 0 Å². The Bertz CT molecular complexity index is 602. The van der Waals surface area contributed by atoms with Gasteiger partial charge in [0.1, 0.15) is 17.6 Å². The monoisotopic (exact) mass is 294 g/mol. The normalized spacial score (nSPS) is 11.4. The third-order valence-electron chi connectivity index (χ3n) is 2.57. The van der Waals surface area contributed by atoms with Crippen molar-refractivity contribution < 1.29 is 14.3 Å². The van der Waals surface area contributed by atoms with E-state index in [1.807, 2.05) is 24.3 Å². The lowest BCUT2D eigenvalue weighted by molar-refractivity contribution is 0.292. The van der Waals surface area contributed by atoms with Crippen molar-refractivity contribution in [3.8, 4) is 5.88 Å². The molecule has 6 heteroatoms. The smallest absolute Gasteiger partial charge is 0.216 e. The molecular formula is C14H12ClFN2O2. The quantitative estimate of drug-likeness (QED) is 0.522. The third kappa shape index (κ3) is 4.20. The van der Waals surface area contributed by atoms with Crippen molar-refractivity contribution in [3.63, 3.8) is 0 Å². The topological polar surface area (TPSA) is 54.7 Å². The molecule has 1 heterocycles. The second-order valence-corrected chi connectivity index (χ2v) is 4.51. The first kappa shape index (κ1) is 14.3. The van der Waals surface area contributed by atoms with Crippen molar-refractivity contribution in [2.24, 2.45) is 5.16 Å². The van der Waals surface area contributed by atoms with Gasteiger partial charge in [0.2, 0.25) is 5.88 Å². The van der Waals surface area contributed by atoms with Crippen LogP contribution in [0.2, 0.25) is 0 Å². The number of nitrogens with zero attached hydrogens (tertiary/aromatic N) is 2. The molecule has 1 aromatic heterocycles. The van der Waals surface area contributed by atoms with Crippen molar-refractivity contribution >= 4 is 16.8 Å².